The van der Waals surface area contributed by atoms with Crippen molar-refractivity contribution in [3.8, 4) is 5.75 Å². The van der Waals surface area contributed by atoms with Crippen LogP contribution in [0, 0.1) is 0 Å². The van der Waals surface area contributed by atoms with Crippen molar-refractivity contribution in [1.82, 2.24) is 0 Å². The van der Waals surface area contributed by atoms with E-state index in [-0.39, 0.29) is 23.4 Å². The first-order valence-corrected chi connectivity index (χ1v) is 9.10. The molecule has 0 amide bonds. The van der Waals surface area contributed by atoms with Crippen molar-refractivity contribution < 1.29 is 27.1 Å². The van der Waals surface area contributed by atoms with E-state index in [9.17, 15) is 18.1 Å². The van der Waals surface area contributed by atoms with Gasteiger partial charge in [-0.1, -0.05) is 0 Å². The lowest BCUT2D eigenvalue weighted by Crippen LogP contribution is -2.12. The zero-order valence-electron chi connectivity index (χ0n) is 11.0. The molecule has 0 fully saturated rings. The lowest BCUT2D eigenvalue weighted by atomic mass is 10.3. The fourth-order valence-electron chi connectivity index (χ4n) is 1.50. The Labute approximate surface area is 112 Å². The molecule has 1 aromatic carbocycles. The van der Waals surface area contributed by atoms with Crippen molar-refractivity contribution in [3.63, 3.8) is 0 Å². The van der Waals surface area contributed by atoms with Gasteiger partial charge in [-0.05, 0) is 32.0 Å². The standard InChI is InChI=1S/C11H17O6PS/c1-4-16-18(13,17-5-2)9-6-7-10(12)11(8-9)19(3,14)15/h6-8,12H,4-5H2,1-3H3. The number of benzene rings is 1. The van der Waals surface area contributed by atoms with Gasteiger partial charge in [-0.25, -0.2) is 8.42 Å². The predicted molar refractivity (Wildman–Crippen MR) is 71.7 cm³/mol. The molecule has 0 heterocycles. The molecule has 0 bridgehead atoms. The first-order chi connectivity index (χ1) is 8.74. The maximum atomic E-state index is 12.5. The van der Waals surface area contributed by atoms with Crippen LogP contribution in [0.3, 0.4) is 0 Å². The average Bonchev–Trinajstić information content (AvgIpc) is 2.28. The van der Waals surface area contributed by atoms with Gasteiger partial charge in [-0.2, -0.15) is 0 Å². The third-order valence-corrected chi connectivity index (χ3v) is 5.49. The molecule has 0 unspecified atom stereocenters. The third kappa shape index (κ3) is 3.79. The number of phenols is 1. The van der Waals surface area contributed by atoms with E-state index in [0.717, 1.165) is 18.4 Å². The van der Waals surface area contributed by atoms with E-state index in [0.29, 0.717) is 0 Å². The van der Waals surface area contributed by atoms with E-state index < -0.39 is 23.2 Å². The summed E-state index contributed by atoms with van der Waals surface area (Å²) in [5.74, 6) is -0.397. The van der Waals surface area contributed by atoms with Crippen LogP contribution in [0.15, 0.2) is 23.1 Å². The summed E-state index contributed by atoms with van der Waals surface area (Å²) in [4.78, 5) is -0.301. The van der Waals surface area contributed by atoms with Gasteiger partial charge in [-0.3, -0.25) is 4.57 Å². The maximum absolute atomic E-state index is 12.5. The zero-order valence-corrected chi connectivity index (χ0v) is 12.7. The molecule has 8 heteroatoms. The second-order valence-electron chi connectivity index (χ2n) is 3.76. The summed E-state index contributed by atoms with van der Waals surface area (Å²) in [6.07, 6.45) is 0.956. The Hall–Kier alpha value is -0.880. The highest BCUT2D eigenvalue weighted by Gasteiger charge is 2.28. The summed E-state index contributed by atoms with van der Waals surface area (Å²) >= 11 is 0. The fourth-order valence-corrected chi connectivity index (χ4v) is 3.97. The molecular weight excluding hydrogens is 291 g/mol. The molecule has 0 aliphatic carbocycles. The van der Waals surface area contributed by atoms with E-state index >= 15 is 0 Å². The molecule has 0 radical (unpaired) electrons. The quantitative estimate of drug-likeness (QED) is 0.804. The van der Waals surface area contributed by atoms with Gasteiger partial charge in [0.25, 0.3) is 0 Å². The highest BCUT2D eigenvalue weighted by Crippen LogP contribution is 2.47. The Balaban J connectivity index is 3.39. The third-order valence-electron chi connectivity index (χ3n) is 2.26. The Morgan fingerprint density at radius 2 is 1.74 bits per heavy atom. The second kappa shape index (κ2) is 6.05. The number of aromatic hydroxyl groups is 1. The number of phenolic OH excluding ortho intramolecular Hbond substituents is 1. The monoisotopic (exact) mass is 308 g/mol. The van der Waals surface area contributed by atoms with Gasteiger partial charge in [0.05, 0.1) is 18.5 Å². The Kier molecular flexibility index (Phi) is 5.15. The Bertz CT molecular complexity index is 585. The van der Waals surface area contributed by atoms with Gasteiger partial charge in [-0.15, -0.1) is 0 Å². The van der Waals surface area contributed by atoms with Crippen molar-refractivity contribution in [3.05, 3.63) is 18.2 Å². The van der Waals surface area contributed by atoms with Crippen molar-refractivity contribution in [1.29, 1.82) is 0 Å². The van der Waals surface area contributed by atoms with Crippen LogP contribution in [0.25, 0.3) is 0 Å². The largest absolute Gasteiger partial charge is 0.507 e. The Morgan fingerprint density at radius 1 is 1.21 bits per heavy atom. The molecule has 0 atom stereocenters. The minimum absolute atomic E-state index is 0.106. The number of hydrogen-bond acceptors (Lipinski definition) is 6. The van der Waals surface area contributed by atoms with Crippen LogP contribution in [0.5, 0.6) is 5.75 Å². The lowest BCUT2D eigenvalue weighted by Gasteiger charge is -2.17. The SMILES string of the molecule is CCOP(=O)(OCC)c1ccc(O)c(S(C)(=O)=O)c1. The van der Waals surface area contributed by atoms with Crippen LogP contribution in [0.4, 0.5) is 0 Å². The minimum atomic E-state index is -3.63. The minimum Gasteiger partial charge on any atom is -0.507 e. The summed E-state index contributed by atoms with van der Waals surface area (Å²) in [5.41, 5.74) is 0. The van der Waals surface area contributed by atoms with Gasteiger partial charge < -0.3 is 14.2 Å². The van der Waals surface area contributed by atoms with E-state index in [1.807, 2.05) is 0 Å². The molecule has 1 aromatic rings. The first-order valence-electron chi connectivity index (χ1n) is 5.67. The molecule has 0 aromatic heterocycles. The van der Waals surface area contributed by atoms with Crippen molar-refractivity contribution in [2.24, 2.45) is 0 Å². The second-order valence-corrected chi connectivity index (χ2v) is 7.77. The maximum Gasteiger partial charge on any atom is 0.361 e. The normalized spacial score (nSPS) is 12.6. The molecule has 0 aliphatic rings. The summed E-state index contributed by atoms with van der Waals surface area (Å²) in [6, 6.07) is 3.61. The number of rotatable bonds is 6. The van der Waals surface area contributed by atoms with Crippen LogP contribution in [-0.4, -0.2) is 33.0 Å². The summed E-state index contributed by atoms with van der Waals surface area (Å²) in [6.45, 7) is 3.63. The topological polar surface area (TPSA) is 89.9 Å². The summed E-state index contributed by atoms with van der Waals surface area (Å²) in [5, 5.41) is 9.65. The van der Waals surface area contributed by atoms with Gasteiger partial charge in [0.1, 0.15) is 10.6 Å². The summed E-state index contributed by atoms with van der Waals surface area (Å²) in [7, 11) is -7.19. The van der Waals surface area contributed by atoms with E-state index in [2.05, 4.69) is 0 Å². The van der Waals surface area contributed by atoms with E-state index in [4.69, 9.17) is 9.05 Å². The molecule has 0 spiro atoms. The van der Waals surface area contributed by atoms with Crippen molar-refractivity contribution >= 4 is 22.7 Å². The first kappa shape index (κ1) is 16.2. The average molecular weight is 308 g/mol. The predicted octanol–water partition coefficient (Wildman–Crippen LogP) is 1.69. The smallest absolute Gasteiger partial charge is 0.361 e. The number of hydrogen-bond donors (Lipinski definition) is 1. The van der Waals surface area contributed by atoms with Crippen LogP contribution in [0.1, 0.15) is 13.8 Å². The highest BCUT2D eigenvalue weighted by molar-refractivity contribution is 7.90. The molecule has 108 valence electrons. The zero-order chi connectivity index (χ0) is 14.7. The van der Waals surface area contributed by atoms with Crippen LogP contribution < -0.4 is 5.30 Å². The molecule has 6 nitrogen and oxygen atoms in total. The van der Waals surface area contributed by atoms with E-state index in [1.165, 1.54) is 6.07 Å². The Morgan fingerprint density at radius 3 is 2.16 bits per heavy atom. The van der Waals surface area contributed by atoms with Crippen LogP contribution in [0.2, 0.25) is 0 Å². The molecule has 0 saturated heterocycles. The molecular formula is C11H17O6PS. The van der Waals surface area contributed by atoms with E-state index in [1.54, 1.807) is 13.8 Å². The van der Waals surface area contributed by atoms with Crippen LogP contribution in [-0.2, 0) is 23.4 Å². The van der Waals surface area contributed by atoms with Gasteiger partial charge in [0.2, 0.25) is 0 Å². The van der Waals surface area contributed by atoms with Crippen molar-refractivity contribution in [2.45, 2.75) is 18.7 Å². The van der Waals surface area contributed by atoms with Gasteiger partial charge in [0, 0.05) is 6.26 Å². The molecule has 19 heavy (non-hydrogen) atoms. The van der Waals surface area contributed by atoms with Gasteiger partial charge in [0.15, 0.2) is 9.84 Å². The van der Waals surface area contributed by atoms with Crippen LogP contribution >= 0.6 is 7.60 Å². The molecule has 1 N–H and O–H groups in total. The van der Waals surface area contributed by atoms with Crippen molar-refractivity contribution in [2.75, 3.05) is 19.5 Å². The molecule has 0 saturated carbocycles. The fraction of sp³-hybridized carbons (Fsp3) is 0.455. The molecule has 0 aliphatic heterocycles. The highest BCUT2D eigenvalue weighted by atomic mass is 32.2. The van der Waals surface area contributed by atoms with Gasteiger partial charge >= 0.3 is 7.60 Å². The lowest BCUT2D eigenvalue weighted by molar-refractivity contribution is 0.230. The molecule has 1 rings (SSSR count). The summed E-state index contributed by atoms with van der Waals surface area (Å²) < 4.78 is 45.8. The number of sulfone groups is 1.